The van der Waals surface area contributed by atoms with E-state index < -0.39 is 11.6 Å². The number of hydrogen-bond acceptors (Lipinski definition) is 6. The van der Waals surface area contributed by atoms with Crippen molar-refractivity contribution in [2.75, 3.05) is 5.32 Å². The summed E-state index contributed by atoms with van der Waals surface area (Å²) in [7, 11) is 0. The molecule has 28 heavy (non-hydrogen) atoms. The lowest BCUT2D eigenvalue weighted by Crippen LogP contribution is -2.07. The predicted octanol–water partition coefficient (Wildman–Crippen LogP) is 4.70. The molecule has 4 aromatic rings. The third-order valence-corrected chi connectivity index (χ3v) is 5.76. The van der Waals surface area contributed by atoms with E-state index in [0.717, 1.165) is 38.5 Å². The molecule has 1 saturated carbocycles. The molecule has 0 radical (unpaired) electrons. The summed E-state index contributed by atoms with van der Waals surface area (Å²) >= 11 is 1.60. The number of hydrogen-bond donors (Lipinski definition) is 1. The van der Waals surface area contributed by atoms with E-state index in [1.54, 1.807) is 29.8 Å². The van der Waals surface area contributed by atoms with Gasteiger partial charge in [0.15, 0.2) is 17.5 Å². The van der Waals surface area contributed by atoms with E-state index in [-0.39, 0.29) is 12.0 Å². The molecule has 3 aromatic heterocycles. The Morgan fingerprint density at radius 1 is 1.07 bits per heavy atom. The van der Waals surface area contributed by atoms with Crippen molar-refractivity contribution in [3.05, 3.63) is 65.1 Å². The molecule has 1 aliphatic carbocycles. The smallest absolute Gasteiger partial charge is 0.166 e. The summed E-state index contributed by atoms with van der Waals surface area (Å²) in [6, 6.07) is 6.27. The van der Waals surface area contributed by atoms with Crippen LogP contribution in [0.2, 0.25) is 0 Å². The van der Waals surface area contributed by atoms with Crippen LogP contribution in [-0.4, -0.2) is 26.0 Å². The molecule has 0 saturated heterocycles. The second kappa shape index (κ2) is 6.56. The first kappa shape index (κ1) is 17.1. The van der Waals surface area contributed by atoms with Gasteiger partial charge in [-0.15, -0.1) is 11.3 Å². The maximum absolute atomic E-state index is 13.5. The molecule has 1 aliphatic rings. The number of aryl methyl sites for hydroxylation is 1. The van der Waals surface area contributed by atoms with E-state index >= 15 is 0 Å². The Morgan fingerprint density at radius 3 is 2.68 bits per heavy atom. The highest BCUT2D eigenvalue weighted by atomic mass is 32.1. The van der Waals surface area contributed by atoms with Crippen molar-refractivity contribution in [3.8, 4) is 11.4 Å². The number of fused-ring (bicyclic) bond motifs is 1. The summed E-state index contributed by atoms with van der Waals surface area (Å²) in [5, 5.41) is 4.42. The standard InChI is InChI=1S/C20H15F2N5S/c1-10-4-14-19(25-17-6-13(17)11-2-3-15(21)16(22)5-11)26-18(27-20(14)28-10)12-7-23-9-24-8-12/h2-5,7-9,13,17H,6H2,1H3,(H,25,26,27)/t13-,17+/m0/s1. The lowest BCUT2D eigenvalue weighted by molar-refractivity contribution is 0.507. The molecule has 5 nitrogen and oxygen atoms in total. The average molecular weight is 395 g/mol. The second-order valence-corrected chi connectivity index (χ2v) is 8.10. The normalized spacial score (nSPS) is 18.4. The zero-order valence-corrected chi connectivity index (χ0v) is 15.7. The van der Waals surface area contributed by atoms with Gasteiger partial charge in [-0.1, -0.05) is 6.07 Å². The van der Waals surface area contributed by atoms with Crippen LogP contribution in [0.15, 0.2) is 43.0 Å². The first-order valence-corrected chi connectivity index (χ1v) is 9.65. The van der Waals surface area contributed by atoms with Gasteiger partial charge in [0.05, 0.1) is 10.9 Å². The van der Waals surface area contributed by atoms with Gasteiger partial charge in [-0.05, 0) is 37.1 Å². The molecular formula is C20H15F2N5S. The van der Waals surface area contributed by atoms with Crippen LogP contribution in [-0.2, 0) is 0 Å². The van der Waals surface area contributed by atoms with Gasteiger partial charge in [0, 0.05) is 29.2 Å². The van der Waals surface area contributed by atoms with E-state index in [0.29, 0.717) is 5.82 Å². The maximum atomic E-state index is 13.5. The highest BCUT2D eigenvalue weighted by molar-refractivity contribution is 7.18. The van der Waals surface area contributed by atoms with Crippen LogP contribution in [0, 0.1) is 18.6 Å². The Morgan fingerprint density at radius 2 is 1.89 bits per heavy atom. The van der Waals surface area contributed by atoms with Gasteiger partial charge >= 0.3 is 0 Å². The van der Waals surface area contributed by atoms with Crippen molar-refractivity contribution >= 4 is 27.4 Å². The maximum Gasteiger partial charge on any atom is 0.166 e. The number of nitrogens with zero attached hydrogens (tertiary/aromatic N) is 4. The van der Waals surface area contributed by atoms with Crippen molar-refractivity contribution in [1.82, 2.24) is 19.9 Å². The van der Waals surface area contributed by atoms with Crippen LogP contribution in [0.4, 0.5) is 14.6 Å². The van der Waals surface area contributed by atoms with Gasteiger partial charge < -0.3 is 5.32 Å². The molecule has 1 N–H and O–H groups in total. The van der Waals surface area contributed by atoms with Gasteiger partial charge in [-0.2, -0.15) is 0 Å². The van der Waals surface area contributed by atoms with Crippen molar-refractivity contribution in [1.29, 1.82) is 0 Å². The first-order chi connectivity index (χ1) is 13.6. The summed E-state index contributed by atoms with van der Waals surface area (Å²) in [6.45, 7) is 2.03. The number of aromatic nitrogens is 4. The summed E-state index contributed by atoms with van der Waals surface area (Å²) in [6.07, 6.45) is 5.66. The Hall–Kier alpha value is -3.00. The van der Waals surface area contributed by atoms with Crippen LogP contribution >= 0.6 is 11.3 Å². The molecule has 0 aliphatic heterocycles. The zero-order valence-electron chi connectivity index (χ0n) is 14.9. The zero-order chi connectivity index (χ0) is 19.3. The minimum Gasteiger partial charge on any atom is -0.366 e. The van der Waals surface area contributed by atoms with E-state index in [2.05, 4.69) is 26.3 Å². The molecular weight excluding hydrogens is 380 g/mol. The van der Waals surface area contributed by atoms with Crippen LogP contribution in [0.1, 0.15) is 22.8 Å². The van der Waals surface area contributed by atoms with Crippen LogP contribution in [0.5, 0.6) is 0 Å². The topological polar surface area (TPSA) is 63.6 Å². The fourth-order valence-electron chi connectivity index (χ4n) is 3.34. The Labute approximate surface area is 163 Å². The third-order valence-electron chi connectivity index (χ3n) is 4.82. The molecule has 1 aromatic carbocycles. The predicted molar refractivity (Wildman–Crippen MR) is 104 cm³/mol. The Balaban J connectivity index is 1.48. The molecule has 0 spiro atoms. The lowest BCUT2D eigenvalue weighted by Gasteiger charge is -2.09. The van der Waals surface area contributed by atoms with Gasteiger partial charge in [0.1, 0.15) is 17.0 Å². The Bertz CT molecular complexity index is 1180. The number of nitrogens with one attached hydrogen (secondary N) is 1. The molecule has 3 heterocycles. The van der Waals surface area contributed by atoms with Crippen molar-refractivity contribution in [3.63, 3.8) is 0 Å². The average Bonchev–Trinajstić information content (AvgIpc) is 3.35. The third kappa shape index (κ3) is 3.09. The van der Waals surface area contributed by atoms with Crippen molar-refractivity contribution in [2.24, 2.45) is 0 Å². The number of anilines is 1. The number of thiophene rings is 1. The van der Waals surface area contributed by atoms with Gasteiger partial charge in [0.2, 0.25) is 0 Å². The molecule has 0 amide bonds. The van der Waals surface area contributed by atoms with E-state index in [1.807, 2.05) is 6.92 Å². The highest BCUT2D eigenvalue weighted by Crippen LogP contribution is 2.44. The number of rotatable bonds is 4. The second-order valence-electron chi connectivity index (χ2n) is 6.87. The van der Waals surface area contributed by atoms with E-state index in [9.17, 15) is 8.78 Å². The first-order valence-electron chi connectivity index (χ1n) is 8.83. The Kier molecular flexibility index (Phi) is 4.01. The fraction of sp³-hybridized carbons (Fsp3) is 0.200. The SMILES string of the molecule is Cc1cc2c(N[C@@H]3C[C@H]3c3ccc(F)c(F)c3)nc(-c3cncnc3)nc2s1. The van der Waals surface area contributed by atoms with Gasteiger partial charge in [-0.3, -0.25) is 0 Å². The molecule has 0 bridgehead atoms. The fourth-order valence-corrected chi connectivity index (χ4v) is 4.22. The lowest BCUT2D eigenvalue weighted by atomic mass is 10.1. The number of halogens is 2. The van der Waals surface area contributed by atoms with E-state index in [1.165, 1.54) is 18.5 Å². The molecule has 1 fully saturated rings. The van der Waals surface area contributed by atoms with Crippen LogP contribution < -0.4 is 5.32 Å². The van der Waals surface area contributed by atoms with Gasteiger partial charge in [0.25, 0.3) is 0 Å². The minimum atomic E-state index is -0.824. The molecule has 8 heteroatoms. The highest BCUT2D eigenvalue weighted by Gasteiger charge is 2.39. The van der Waals surface area contributed by atoms with Crippen LogP contribution in [0.3, 0.4) is 0 Å². The molecule has 0 unspecified atom stereocenters. The summed E-state index contributed by atoms with van der Waals surface area (Å²) in [5.41, 5.74) is 1.53. The van der Waals surface area contributed by atoms with Crippen molar-refractivity contribution < 1.29 is 8.78 Å². The minimum absolute atomic E-state index is 0.114. The van der Waals surface area contributed by atoms with E-state index in [4.69, 9.17) is 4.98 Å². The summed E-state index contributed by atoms with van der Waals surface area (Å²) in [5.74, 6) is -0.212. The van der Waals surface area contributed by atoms with Crippen molar-refractivity contribution in [2.45, 2.75) is 25.3 Å². The largest absolute Gasteiger partial charge is 0.366 e. The monoisotopic (exact) mass is 395 g/mol. The molecule has 2 atom stereocenters. The summed E-state index contributed by atoms with van der Waals surface area (Å²) < 4.78 is 26.7. The van der Waals surface area contributed by atoms with Crippen LogP contribution in [0.25, 0.3) is 21.6 Å². The van der Waals surface area contributed by atoms with Gasteiger partial charge in [-0.25, -0.2) is 28.7 Å². The number of benzene rings is 1. The molecule has 140 valence electrons. The molecule has 5 rings (SSSR count). The quantitative estimate of drug-likeness (QED) is 0.543. The summed E-state index contributed by atoms with van der Waals surface area (Å²) in [4.78, 5) is 19.5.